The molecule has 0 aliphatic carbocycles. The Morgan fingerprint density at radius 2 is 2.26 bits per heavy atom. The molecule has 0 aromatic carbocycles. The molecule has 0 bridgehead atoms. The number of nitrogens with zero attached hydrogens (tertiary/aromatic N) is 1. The van der Waals surface area contributed by atoms with E-state index in [1.807, 2.05) is 0 Å². The number of hydrogen-bond acceptors (Lipinski definition) is 6. The lowest BCUT2D eigenvalue weighted by Gasteiger charge is -2.14. The van der Waals surface area contributed by atoms with Crippen molar-refractivity contribution in [3.63, 3.8) is 0 Å². The number of aromatic amines is 1. The van der Waals surface area contributed by atoms with Gasteiger partial charge in [-0.1, -0.05) is 0 Å². The van der Waals surface area contributed by atoms with Crippen molar-refractivity contribution in [2.45, 2.75) is 36.2 Å². The van der Waals surface area contributed by atoms with Crippen molar-refractivity contribution in [1.82, 2.24) is 9.55 Å². The Balaban J connectivity index is 2.38. The zero-order chi connectivity index (χ0) is 14.2. The van der Waals surface area contributed by atoms with Crippen molar-refractivity contribution >= 4 is 11.8 Å². The lowest BCUT2D eigenvalue weighted by atomic mass is 10.2. The van der Waals surface area contributed by atoms with Gasteiger partial charge in [0.05, 0.1) is 35.0 Å². The van der Waals surface area contributed by atoms with Crippen LogP contribution in [0, 0.1) is 0 Å². The Labute approximate surface area is 112 Å². The molecular weight excluding hydrogens is 272 g/mol. The average Bonchev–Trinajstić information content (AvgIpc) is 2.69. The lowest BCUT2D eigenvalue weighted by Crippen LogP contribution is -2.33. The van der Waals surface area contributed by atoms with Crippen LogP contribution in [0.1, 0.15) is 30.4 Å². The summed E-state index contributed by atoms with van der Waals surface area (Å²) in [4.78, 5) is 25.4. The standard InChI is InChI=1S/C11H16N2O5S/c1-5(15)6-3-13(11(18)12-10(6)17)9-2-7(16)8(4-14)19-9/h3,5,7-9,14-16H,2,4H2,1H3,(H,12,17,18)/t5?,7-,8+,9-/m0/s1. The van der Waals surface area contributed by atoms with E-state index in [0.717, 1.165) is 0 Å². The molecule has 1 fully saturated rings. The number of nitrogens with one attached hydrogen (secondary N) is 1. The molecule has 2 heterocycles. The highest BCUT2D eigenvalue weighted by Crippen LogP contribution is 2.40. The van der Waals surface area contributed by atoms with Crippen LogP contribution in [0.5, 0.6) is 0 Å². The maximum Gasteiger partial charge on any atom is 0.329 e. The van der Waals surface area contributed by atoms with Gasteiger partial charge < -0.3 is 15.3 Å². The van der Waals surface area contributed by atoms with E-state index in [4.69, 9.17) is 5.11 Å². The van der Waals surface area contributed by atoms with E-state index >= 15 is 0 Å². The van der Waals surface area contributed by atoms with E-state index in [9.17, 15) is 19.8 Å². The molecule has 1 aromatic rings. The van der Waals surface area contributed by atoms with Gasteiger partial charge in [-0.2, -0.15) is 0 Å². The van der Waals surface area contributed by atoms with E-state index < -0.39 is 23.5 Å². The van der Waals surface area contributed by atoms with Crippen LogP contribution in [-0.2, 0) is 0 Å². The Hall–Kier alpha value is -1.09. The lowest BCUT2D eigenvalue weighted by molar-refractivity contribution is 0.137. The highest BCUT2D eigenvalue weighted by molar-refractivity contribution is 8.00. The molecule has 4 atom stereocenters. The van der Waals surface area contributed by atoms with Gasteiger partial charge in [0.25, 0.3) is 5.56 Å². The third-order valence-corrected chi connectivity index (χ3v) is 4.69. The predicted octanol–water partition coefficient (Wildman–Crippen LogP) is -1.05. The van der Waals surface area contributed by atoms with Crippen LogP contribution in [0.3, 0.4) is 0 Å². The number of aliphatic hydroxyl groups is 3. The highest BCUT2D eigenvalue weighted by Gasteiger charge is 2.35. The van der Waals surface area contributed by atoms with Crippen LogP contribution >= 0.6 is 11.8 Å². The molecule has 106 valence electrons. The number of H-pyrrole nitrogens is 1. The first-order valence-corrected chi connectivity index (χ1v) is 6.86. The molecule has 0 saturated carbocycles. The second kappa shape index (κ2) is 5.49. The van der Waals surface area contributed by atoms with E-state index in [0.29, 0.717) is 6.42 Å². The summed E-state index contributed by atoms with van der Waals surface area (Å²) in [6.45, 7) is 1.26. The fourth-order valence-corrected chi connectivity index (χ4v) is 3.44. The number of thioether (sulfide) groups is 1. The molecule has 2 rings (SSSR count). The van der Waals surface area contributed by atoms with Crippen molar-refractivity contribution < 1.29 is 15.3 Å². The second-order valence-electron chi connectivity index (χ2n) is 4.54. The van der Waals surface area contributed by atoms with E-state index in [2.05, 4.69) is 4.98 Å². The topological polar surface area (TPSA) is 116 Å². The van der Waals surface area contributed by atoms with Crippen LogP contribution in [0.2, 0.25) is 0 Å². The molecule has 8 heteroatoms. The fraction of sp³-hybridized carbons (Fsp3) is 0.636. The average molecular weight is 288 g/mol. The summed E-state index contributed by atoms with van der Waals surface area (Å²) in [5, 5.41) is 27.6. The molecule has 1 aliphatic rings. The van der Waals surface area contributed by atoms with Crippen LogP contribution in [0.15, 0.2) is 15.8 Å². The van der Waals surface area contributed by atoms with Gasteiger partial charge in [-0.25, -0.2) is 4.79 Å². The van der Waals surface area contributed by atoms with Gasteiger partial charge in [-0.15, -0.1) is 11.8 Å². The van der Waals surface area contributed by atoms with Crippen molar-refractivity contribution in [2.24, 2.45) is 0 Å². The maximum atomic E-state index is 11.8. The molecule has 1 saturated heterocycles. The first kappa shape index (κ1) is 14.3. The summed E-state index contributed by atoms with van der Waals surface area (Å²) < 4.78 is 1.28. The molecular formula is C11H16N2O5S. The third-order valence-electron chi connectivity index (χ3n) is 3.14. The van der Waals surface area contributed by atoms with Crippen LogP contribution in [0.4, 0.5) is 0 Å². The Kier molecular flexibility index (Phi) is 4.14. The number of rotatable bonds is 3. The molecule has 7 nitrogen and oxygen atoms in total. The molecule has 1 unspecified atom stereocenters. The Morgan fingerprint density at radius 1 is 1.58 bits per heavy atom. The summed E-state index contributed by atoms with van der Waals surface area (Å²) in [7, 11) is 0. The molecule has 1 aromatic heterocycles. The molecule has 1 aliphatic heterocycles. The molecule has 4 N–H and O–H groups in total. The van der Waals surface area contributed by atoms with Gasteiger partial charge in [0, 0.05) is 12.6 Å². The van der Waals surface area contributed by atoms with Crippen molar-refractivity contribution in [1.29, 1.82) is 0 Å². The summed E-state index contributed by atoms with van der Waals surface area (Å²) in [6, 6.07) is 0. The first-order valence-electron chi connectivity index (χ1n) is 5.92. The quantitative estimate of drug-likeness (QED) is 0.564. The van der Waals surface area contributed by atoms with Gasteiger partial charge in [0.15, 0.2) is 0 Å². The van der Waals surface area contributed by atoms with Gasteiger partial charge in [0.2, 0.25) is 0 Å². The van der Waals surface area contributed by atoms with E-state index in [-0.39, 0.29) is 22.8 Å². The number of hydrogen-bond donors (Lipinski definition) is 4. The fourth-order valence-electron chi connectivity index (χ4n) is 2.06. The SMILES string of the molecule is CC(O)c1cn([C@@H]2C[C@H](O)[C@@H](CO)S2)c(=O)[nH]c1=O. The largest absolute Gasteiger partial charge is 0.395 e. The van der Waals surface area contributed by atoms with Crippen molar-refractivity contribution in [2.75, 3.05) is 6.61 Å². The summed E-state index contributed by atoms with van der Waals surface area (Å²) in [5.74, 6) is 0. The minimum absolute atomic E-state index is 0.0992. The van der Waals surface area contributed by atoms with Gasteiger partial charge >= 0.3 is 5.69 Å². The van der Waals surface area contributed by atoms with Gasteiger partial charge in [0.1, 0.15) is 0 Å². The first-order chi connectivity index (χ1) is 8.93. The van der Waals surface area contributed by atoms with E-state index in [1.165, 1.54) is 29.4 Å². The summed E-state index contributed by atoms with van der Waals surface area (Å²) >= 11 is 1.27. The minimum Gasteiger partial charge on any atom is -0.395 e. The van der Waals surface area contributed by atoms with Crippen LogP contribution in [-0.4, -0.2) is 42.8 Å². The molecule has 0 amide bonds. The molecule has 19 heavy (non-hydrogen) atoms. The third kappa shape index (κ3) is 2.76. The molecule has 0 spiro atoms. The van der Waals surface area contributed by atoms with Gasteiger partial charge in [-0.05, 0) is 6.92 Å². The Bertz CT molecular complexity index is 567. The zero-order valence-corrected chi connectivity index (χ0v) is 11.1. The van der Waals surface area contributed by atoms with Gasteiger partial charge in [-0.3, -0.25) is 14.3 Å². The number of aliphatic hydroxyl groups excluding tert-OH is 3. The summed E-state index contributed by atoms with van der Waals surface area (Å²) in [6.07, 6.45) is -0.0637. The Morgan fingerprint density at radius 3 is 2.79 bits per heavy atom. The van der Waals surface area contributed by atoms with Crippen LogP contribution < -0.4 is 11.2 Å². The van der Waals surface area contributed by atoms with Crippen LogP contribution in [0.25, 0.3) is 0 Å². The minimum atomic E-state index is -0.986. The summed E-state index contributed by atoms with van der Waals surface area (Å²) in [5.41, 5.74) is -1.10. The van der Waals surface area contributed by atoms with Crippen molar-refractivity contribution in [3.8, 4) is 0 Å². The molecule has 0 radical (unpaired) electrons. The van der Waals surface area contributed by atoms with E-state index in [1.54, 1.807) is 0 Å². The maximum absolute atomic E-state index is 11.8. The predicted molar refractivity (Wildman–Crippen MR) is 70.1 cm³/mol. The zero-order valence-electron chi connectivity index (χ0n) is 10.3. The second-order valence-corrected chi connectivity index (χ2v) is 5.96. The smallest absolute Gasteiger partial charge is 0.329 e. The van der Waals surface area contributed by atoms with Crippen molar-refractivity contribution in [3.05, 3.63) is 32.6 Å². The number of aromatic nitrogens is 2. The monoisotopic (exact) mass is 288 g/mol. The normalized spacial score (nSPS) is 28.5. The highest BCUT2D eigenvalue weighted by atomic mass is 32.2.